The number of aryl methyl sites for hydroxylation is 1. The molecule has 2 aromatic rings. The molecule has 2 N–H and O–H groups in total. The van der Waals surface area contributed by atoms with Crippen LogP contribution in [0.15, 0.2) is 60.7 Å². The van der Waals surface area contributed by atoms with Gasteiger partial charge in [-0.1, -0.05) is 60.7 Å². The lowest BCUT2D eigenvalue weighted by atomic mass is 9.73. The van der Waals surface area contributed by atoms with Gasteiger partial charge in [-0.2, -0.15) is 0 Å². The molecule has 0 spiro atoms. The Balaban J connectivity index is 1.68. The molecule has 3 unspecified atom stereocenters. The van der Waals surface area contributed by atoms with Crippen LogP contribution >= 0.6 is 0 Å². The van der Waals surface area contributed by atoms with E-state index in [4.69, 9.17) is 0 Å². The fourth-order valence-electron chi connectivity index (χ4n) is 3.35. The highest BCUT2D eigenvalue weighted by Crippen LogP contribution is 2.35. The van der Waals surface area contributed by atoms with Crippen molar-refractivity contribution < 1.29 is 14.7 Å². The zero-order chi connectivity index (χ0) is 17.6. The fourth-order valence-corrected chi connectivity index (χ4v) is 3.35. The molecule has 1 amide bonds. The molecule has 0 radical (unpaired) electrons. The Morgan fingerprint density at radius 3 is 2.12 bits per heavy atom. The lowest BCUT2D eigenvalue weighted by molar-refractivity contribution is -0.153. The molecule has 3 rings (SSSR count). The molecule has 4 nitrogen and oxygen atoms in total. The number of hydrogen-bond donors (Lipinski definition) is 2. The van der Waals surface area contributed by atoms with E-state index in [1.165, 1.54) is 5.56 Å². The predicted molar refractivity (Wildman–Crippen MR) is 95.9 cm³/mol. The second kappa shape index (κ2) is 7.97. The van der Waals surface area contributed by atoms with Gasteiger partial charge < -0.3 is 10.4 Å². The van der Waals surface area contributed by atoms with E-state index in [-0.39, 0.29) is 11.9 Å². The van der Waals surface area contributed by atoms with Gasteiger partial charge in [-0.15, -0.1) is 0 Å². The van der Waals surface area contributed by atoms with Crippen LogP contribution < -0.4 is 5.32 Å². The van der Waals surface area contributed by atoms with Crippen molar-refractivity contribution in [2.24, 2.45) is 11.8 Å². The van der Waals surface area contributed by atoms with Crippen LogP contribution in [0.25, 0.3) is 0 Å². The summed E-state index contributed by atoms with van der Waals surface area (Å²) >= 11 is 0. The molecule has 1 fully saturated rings. The number of benzene rings is 2. The number of aliphatic carboxylic acids is 1. The highest BCUT2D eigenvalue weighted by molar-refractivity contribution is 5.86. The molecule has 25 heavy (non-hydrogen) atoms. The minimum Gasteiger partial charge on any atom is -0.481 e. The molecule has 0 saturated heterocycles. The van der Waals surface area contributed by atoms with Crippen LogP contribution in [0.2, 0.25) is 0 Å². The summed E-state index contributed by atoms with van der Waals surface area (Å²) in [6.07, 6.45) is 2.88. The average Bonchev–Trinajstić information content (AvgIpc) is 2.58. The third-order valence-electron chi connectivity index (χ3n) is 5.01. The molecule has 1 aliphatic rings. The predicted octanol–water partition coefficient (Wildman–Crippen LogP) is 3.59. The van der Waals surface area contributed by atoms with E-state index >= 15 is 0 Å². The third-order valence-corrected chi connectivity index (χ3v) is 5.01. The van der Waals surface area contributed by atoms with Crippen LogP contribution in [-0.4, -0.2) is 17.0 Å². The van der Waals surface area contributed by atoms with Crippen molar-refractivity contribution in [2.75, 3.05) is 0 Å². The molecular weight excluding hydrogens is 314 g/mol. The highest BCUT2D eigenvalue weighted by Gasteiger charge is 2.41. The van der Waals surface area contributed by atoms with Crippen molar-refractivity contribution in [3.8, 4) is 0 Å². The number of nitrogens with one attached hydrogen (secondary N) is 1. The molecule has 4 heteroatoms. The van der Waals surface area contributed by atoms with E-state index in [1.807, 2.05) is 48.5 Å². The fraction of sp³-hybridized carbons (Fsp3) is 0.333. The summed E-state index contributed by atoms with van der Waals surface area (Å²) in [6, 6.07) is 19.9. The summed E-state index contributed by atoms with van der Waals surface area (Å²) in [7, 11) is 0. The zero-order valence-electron chi connectivity index (χ0n) is 14.1. The molecule has 130 valence electrons. The smallest absolute Gasteiger partial charge is 0.307 e. The largest absolute Gasteiger partial charge is 0.481 e. The first-order valence-corrected chi connectivity index (χ1v) is 8.77. The second-order valence-corrected chi connectivity index (χ2v) is 6.62. The monoisotopic (exact) mass is 337 g/mol. The topological polar surface area (TPSA) is 66.4 Å². The van der Waals surface area contributed by atoms with E-state index in [9.17, 15) is 14.7 Å². The summed E-state index contributed by atoms with van der Waals surface area (Å²) in [4.78, 5) is 23.7. The summed E-state index contributed by atoms with van der Waals surface area (Å²) in [6.45, 7) is 0. The SMILES string of the molecule is O=C(O)C1CCC1C(=O)NC(CCc1ccccc1)c1ccccc1. The van der Waals surface area contributed by atoms with Gasteiger partial charge in [0.2, 0.25) is 5.91 Å². The number of carboxylic acid groups (broad SMARTS) is 1. The number of carbonyl (C=O) groups is 2. The van der Waals surface area contributed by atoms with Gasteiger partial charge in [0.15, 0.2) is 0 Å². The van der Waals surface area contributed by atoms with Gasteiger partial charge in [-0.3, -0.25) is 9.59 Å². The molecule has 0 bridgehead atoms. The Labute approximate surface area is 147 Å². The van der Waals surface area contributed by atoms with E-state index in [0.717, 1.165) is 18.4 Å². The molecule has 0 aromatic heterocycles. The molecule has 3 atom stereocenters. The highest BCUT2D eigenvalue weighted by atomic mass is 16.4. The van der Waals surface area contributed by atoms with Crippen LogP contribution in [0, 0.1) is 11.8 Å². The van der Waals surface area contributed by atoms with Crippen LogP contribution in [0.5, 0.6) is 0 Å². The molecule has 2 aromatic carbocycles. The molecule has 1 aliphatic carbocycles. The van der Waals surface area contributed by atoms with E-state index in [0.29, 0.717) is 12.8 Å². The lowest BCUT2D eigenvalue weighted by Gasteiger charge is -2.33. The number of amides is 1. The Morgan fingerprint density at radius 1 is 0.960 bits per heavy atom. The number of rotatable bonds is 7. The first-order chi connectivity index (χ1) is 12.1. The van der Waals surface area contributed by atoms with Crippen LogP contribution in [0.4, 0.5) is 0 Å². The summed E-state index contributed by atoms with van der Waals surface area (Å²) in [5, 5.41) is 12.3. The lowest BCUT2D eigenvalue weighted by Crippen LogP contribution is -2.45. The van der Waals surface area contributed by atoms with Crippen LogP contribution in [0.1, 0.15) is 36.4 Å². The van der Waals surface area contributed by atoms with Crippen molar-refractivity contribution in [3.05, 3.63) is 71.8 Å². The Bertz CT molecular complexity index is 714. The first kappa shape index (κ1) is 17.2. The quantitative estimate of drug-likeness (QED) is 0.811. The molecule has 1 saturated carbocycles. The Hall–Kier alpha value is -2.62. The van der Waals surface area contributed by atoms with E-state index in [1.54, 1.807) is 0 Å². The van der Waals surface area contributed by atoms with Gasteiger partial charge in [-0.05, 0) is 36.8 Å². The maximum atomic E-state index is 12.6. The first-order valence-electron chi connectivity index (χ1n) is 8.77. The van der Waals surface area contributed by atoms with Crippen molar-refractivity contribution in [1.82, 2.24) is 5.32 Å². The maximum Gasteiger partial charge on any atom is 0.307 e. The molecule has 0 aliphatic heterocycles. The minimum absolute atomic E-state index is 0.107. The molecular formula is C21H23NO3. The Morgan fingerprint density at radius 2 is 1.56 bits per heavy atom. The summed E-state index contributed by atoms with van der Waals surface area (Å²) < 4.78 is 0. The minimum atomic E-state index is -0.869. The van der Waals surface area contributed by atoms with Gasteiger partial charge in [-0.25, -0.2) is 0 Å². The number of carbonyl (C=O) groups excluding carboxylic acids is 1. The van der Waals surface area contributed by atoms with Crippen LogP contribution in [-0.2, 0) is 16.0 Å². The van der Waals surface area contributed by atoms with Gasteiger partial charge in [0.1, 0.15) is 0 Å². The normalized spacial score (nSPS) is 20.3. The van der Waals surface area contributed by atoms with Crippen molar-refractivity contribution in [1.29, 1.82) is 0 Å². The van der Waals surface area contributed by atoms with Gasteiger partial charge in [0.25, 0.3) is 0 Å². The van der Waals surface area contributed by atoms with Crippen LogP contribution in [0.3, 0.4) is 0 Å². The van der Waals surface area contributed by atoms with Crippen molar-refractivity contribution >= 4 is 11.9 Å². The summed E-state index contributed by atoms with van der Waals surface area (Å²) in [5.74, 6) is -1.95. The molecule has 0 heterocycles. The Kier molecular flexibility index (Phi) is 5.49. The number of carboxylic acids is 1. The zero-order valence-corrected chi connectivity index (χ0v) is 14.1. The van der Waals surface area contributed by atoms with Crippen molar-refractivity contribution in [2.45, 2.75) is 31.7 Å². The number of hydrogen-bond acceptors (Lipinski definition) is 2. The van der Waals surface area contributed by atoms with Crippen molar-refractivity contribution in [3.63, 3.8) is 0 Å². The van der Waals surface area contributed by atoms with E-state index < -0.39 is 17.8 Å². The standard InChI is InChI=1S/C21H23NO3/c23-20(17-12-13-18(17)21(24)25)22-19(16-9-5-2-6-10-16)14-11-15-7-3-1-4-8-15/h1-10,17-19H,11-14H2,(H,22,23)(H,24,25). The average molecular weight is 337 g/mol. The third kappa shape index (κ3) is 4.27. The maximum absolute atomic E-state index is 12.6. The second-order valence-electron chi connectivity index (χ2n) is 6.62. The van der Waals surface area contributed by atoms with Gasteiger partial charge >= 0.3 is 5.97 Å². The van der Waals surface area contributed by atoms with E-state index in [2.05, 4.69) is 17.4 Å². The van der Waals surface area contributed by atoms with Gasteiger partial charge in [0, 0.05) is 0 Å². The summed E-state index contributed by atoms with van der Waals surface area (Å²) in [5.41, 5.74) is 2.28. The van der Waals surface area contributed by atoms with Gasteiger partial charge in [0.05, 0.1) is 17.9 Å².